The Balaban J connectivity index is 3.24. The maximum absolute atomic E-state index is 13.3. The monoisotopic (exact) mass is 507 g/mol. The number of hydrogen-bond donors (Lipinski definition) is 4. The summed E-state index contributed by atoms with van der Waals surface area (Å²) in [5.41, 5.74) is -0.0327. The molecule has 1 rings (SSSR count). The number of terminal acetylenes is 1. The third-order valence-corrected chi connectivity index (χ3v) is 4.89. The Morgan fingerprint density at radius 2 is 1.91 bits per heavy atom. The van der Waals surface area contributed by atoms with Crippen molar-refractivity contribution in [1.29, 1.82) is 0 Å². The van der Waals surface area contributed by atoms with E-state index >= 15 is 0 Å². The zero-order valence-electron chi connectivity index (χ0n) is 20.6. The minimum absolute atomic E-state index is 0.00590. The Labute approximate surface area is 211 Å². The van der Waals surface area contributed by atoms with Gasteiger partial charge in [0.2, 0.25) is 5.91 Å². The van der Waals surface area contributed by atoms with Crippen LogP contribution in [-0.4, -0.2) is 64.4 Å². The molecule has 0 heterocycles. The normalized spacial score (nSPS) is 12.5. The quantitative estimate of drug-likeness (QED) is 0.165. The minimum atomic E-state index is -1.32. The van der Waals surface area contributed by atoms with Crippen LogP contribution >= 0.6 is 12.6 Å². The first-order valence-electron chi connectivity index (χ1n) is 11.0. The third-order valence-electron chi connectivity index (χ3n) is 4.52. The van der Waals surface area contributed by atoms with Crippen LogP contribution in [0.1, 0.15) is 51.3 Å². The molecule has 0 saturated carbocycles. The second-order valence-corrected chi connectivity index (χ2v) is 8.88. The Hall–Kier alpha value is -3.39. The highest BCUT2D eigenvalue weighted by molar-refractivity contribution is 7.80. The van der Waals surface area contributed by atoms with Crippen molar-refractivity contribution in [3.05, 3.63) is 29.3 Å². The van der Waals surface area contributed by atoms with E-state index < -0.39 is 41.6 Å². The van der Waals surface area contributed by atoms with Gasteiger partial charge in [-0.2, -0.15) is 12.6 Å². The third kappa shape index (κ3) is 9.41. The molecule has 0 fully saturated rings. The Morgan fingerprint density at radius 1 is 1.26 bits per heavy atom. The summed E-state index contributed by atoms with van der Waals surface area (Å²) in [5.74, 6) is -2.06. The molecule has 1 aromatic carbocycles. The number of benzene rings is 1. The van der Waals surface area contributed by atoms with Gasteiger partial charge < -0.3 is 25.2 Å². The molecule has 0 spiro atoms. The summed E-state index contributed by atoms with van der Waals surface area (Å²) in [6, 6.07) is 4.03. The lowest BCUT2D eigenvalue weighted by atomic mass is 10.0. The molecule has 2 atom stereocenters. The molecule has 35 heavy (non-hydrogen) atoms. The summed E-state index contributed by atoms with van der Waals surface area (Å²) >= 11 is 4.14. The first-order chi connectivity index (χ1) is 16.3. The first kappa shape index (κ1) is 29.6. The number of amides is 3. The van der Waals surface area contributed by atoms with Gasteiger partial charge in [-0.3, -0.25) is 19.3 Å². The predicted molar refractivity (Wildman–Crippen MR) is 133 cm³/mol. The van der Waals surface area contributed by atoms with Gasteiger partial charge in [0.25, 0.3) is 5.91 Å². The average molecular weight is 508 g/mol. The molecular formula is C24H33N3O7S. The zero-order valence-corrected chi connectivity index (χ0v) is 21.5. The van der Waals surface area contributed by atoms with Crippen molar-refractivity contribution in [3.8, 4) is 18.2 Å². The van der Waals surface area contributed by atoms with E-state index in [9.17, 15) is 24.3 Å². The van der Waals surface area contributed by atoms with Crippen molar-refractivity contribution in [2.75, 3.05) is 18.9 Å². The molecule has 0 aliphatic carbocycles. The van der Waals surface area contributed by atoms with E-state index in [1.54, 1.807) is 34.6 Å². The number of aryl methyl sites for hydroxylation is 1. The van der Waals surface area contributed by atoms with Crippen LogP contribution < -0.4 is 10.6 Å². The van der Waals surface area contributed by atoms with Gasteiger partial charge >= 0.3 is 12.1 Å². The summed E-state index contributed by atoms with van der Waals surface area (Å²) in [6.45, 7) is 8.45. The molecule has 3 N–H and O–H groups in total. The number of esters is 1. The molecule has 3 amide bonds. The van der Waals surface area contributed by atoms with E-state index in [4.69, 9.17) is 15.9 Å². The lowest BCUT2D eigenvalue weighted by Gasteiger charge is -2.30. The van der Waals surface area contributed by atoms with Gasteiger partial charge in [0.05, 0.1) is 13.0 Å². The van der Waals surface area contributed by atoms with Crippen molar-refractivity contribution < 1.29 is 33.8 Å². The van der Waals surface area contributed by atoms with Gasteiger partial charge in [-0.25, -0.2) is 4.79 Å². The highest BCUT2D eigenvalue weighted by Gasteiger charge is 2.35. The number of phenols is 1. The van der Waals surface area contributed by atoms with Crippen LogP contribution in [0, 0.1) is 19.4 Å². The van der Waals surface area contributed by atoms with E-state index in [0.29, 0.717) is 11.1 Å². The highest BCUT2D eigenvalue weighted by atomic mass is 32.1. The number of phenolic OH excluding ortho intramolecular Hbond substituents is 1. The summed E-state index contributed by atoms with van der Waals surface area (Å²) < 4.78 is 10.0. The maximum atomic E-state index is 13.3. The second kappa shape index (κ2) is 13.5. The van der Waals surface area contributed by atoms with E-state index in [1.807, 2.05) is 0 Å². The van der Waals surface area contributed by atoms with Gasteiger partial charge in [0, 0.05) is 18.3 Å². The molecular weight excluding hydrogens is 474 g/mol. The van der Waals surface area contributed by atoms with Crippen LogP contribution in [0.25, 0.3) is 0 Å². The van der Waals surface area contributed by atoms with E-state index in [0.717, 1.165) is 4.90 Å². The van der Waals surface area contributed by atoms with E-state index in [-0.39, 0.29) is 31.1 Å². The van der Waals surface area contributed by atoms with Crippen molar-refractivity contribution >= 4 is 36.5 Å². The van der Waals surface area contributed by atoms with Crippen LogP contribution in [-0.2, 0) is 23.9 Å². The summed E-state index contributed by atoms with van der Waals surface area (Å²) in [4.78, 5) is 51.1. The number of nitrogens with one attached hydrogen (secondary N) is 2. The van der Waals surface area contributed by atoms with Gasteiger partial charge in [-0.05, 0) is 57.9 Å². The standard InChI is InChI=1S/C24H33N3O7S/c1-7-27(22(31)17(14-35)26-23(32)34-24(4,5)6)20(16-9-10-18(28)15(3)13-16)21(30)25-12-11-19(29)33-8-2/h1,9-10,13,17,20,28,35H,8,11-12,14H2,2-6H3,(H,25,30)(H,26,32). The minimum Gasteiger partial charge on any atom is -0.508 e. The van der Waals surface area contributed by atoms with E-state index in [1.165, 1.54) is 18.2 Å². The number of alkyl carbamates (subject to hydrolysis) is 1. The number of hydrogen-bond acceptors (Lipinski definition) is 8. The largest absolute Gasteiger partial charge is 0.508 e. The van der Waals surface area contributed by atoms with Crippen LogP contribution in [0.3, 0.4) is 0 Å². The van der Waals surface area contributed by atoms with Crippen molar-refractivity contribution in [3.63, 3.8) is 0 Å². The number of thiol groups is 1. The fourth-order valence-corrected chi connectivity index (χ4v) is 3.20. The summed E-state index contributed by atoms with van der Waals surface area (Å²) in [7, 11) is 0. The van der Waals surface area contributed by atoms with Crippen LogP contribution in [0.4, 0.5) is 4.79 Å². The van der Waals surface area contributed by atoms with Gasteiger partial charge in [-0.15, -0.1) is 0 Å². The summed E-state index contributed by atoms with van der Waals surface area (Å²) in [6.07, 6.45) is 4.71. The lowest BCUT2D eigenvalue weighted by molar-refractivity contribution is -0.143. The molecule has 0 bridgehead atoms. The molecule has 10 nitrogen and oxygen atoms in total. The molecule has 0 aliphatic heterocycles. The number of rotatable bonds is 10. The SMILES string of the molecule is C#CN(C(=O)C(CS)NC(=O)OC(C)(C)C)C(C(=O)NCCC(=O)OCC)c1ccc(O)c(C)c1. The first-order valence-corrected chi connectivity index (χ1v) is 11.6. The van der Waals surface area contributed by atoms with Gasteiger partial charge in [0.1, 0.15) is 23.4 Å². The van der Waals surface area contributed by atoms with Crippen LogP contribution in [0.15, 0.2) is 18.2 Å². The molecule has 2 unspecified atom stereocenters. The number of carbonyl (C=O) groups excluding carboxylic acids is 4. The predicted octanol–water partition coefficient (Wildman–Crippen LogP) is 2.05. The molecule has 0 aliphatic rings. The van der Waals surface area contributed by atoms with Gasteiger partial charge in [-0.1, -0.05) is 12.5 Å². The fourth-order valence-electron chi connectivity index (χ4n) is 2.95. The number of carbonyl (C=O) groups is 4. The molecule has 0 radical (unpaired) electrons. The Kier molecular flexibility index (Phi) is 11.4. The number of ether oxygens (including phenoxy) is 2. The van der Waals surface area contributed by atoms with Crippen molar-refractivity contribution in [2.45, 2.75) is 58.7 Å². The maximum Gasteiger partial charge on any atom is 0.408 e. The van der Waals surface area contributed by atoms with Crippen molar-refractivity contribution in [1.82, 2.24) is 15.5 Å². The molecule has 0 saturated heterocycles. The second-order valence-electron chi connectivity index (χ2n) is 8.51. The Morgan fingerprint density at radius 3 is 2.43 bits per heavy atom. The lowest BCUT2D eigenvalue weighted by Crippen LogP contribution is -2.52. The van der Waals surface area contributed by atoms with E-state index in [2.05, 4.69) is 29.3 Å². The molecule has 192 valence electrons. The highest BCUT2D eigenvalue weighted by Crippen LogP contribution is 2.26. The van der Waals surface area contributed by atoms with Gasteiger partial charge in [0.15, 0.2) is 0 Å². The zero-order chi connectivity index (χ0) is 26.8. The summed E-state index contributed by atoms with van der Waals surface area (Å²) in [5, 5.41) is 14.9. The topological polar surface area (TPSA) is 134 Å². The van der Waals surface area contributed by atoms with Crippen molar-refractivity contribution in [2.24, 2.45) is 0 Å². The molecule has 0 aromatic heterocycles. The average Bonchev–Trinajstić information content (AvgIpc) is 2.76. The van der Waals surface area contributed by atoms with Crippen LogP contribution in [0.2, 0.25) is 0 Å². The fraction of sp³-hybridized carbons (Fsp3) is 0.500. The number of nitrogens with zero attached hydrogens (tertiary/aromatic N) is 1. The van der Waals surface area contributed by atoms with Crippen LogP contribution in [0.5, 0.6) is 5.75 Å². The molecule has 11 heteroatoms. The Bertz CT molecular complexity index is 969. The molecule has 1 aromatic rings. The number of aromatic hydroxyl groups is 1. The smallest absolute Gasteiger partial charge is 0.408 e.